The summed E-state index contributed by atoms with van der Waals surface area (Å²) in [6.45, 7) is 0. The summed E-state index contributed by atoms with van der Waals surface area (Å²) in [4.78, 5) is 1.35. The Morgan fingerprint density at radius 2 is 2.33 bits per heavy atom. The molecule has 12 heavy (non-hydrogen) atoms. The first-order valence-electron chi connectivity index (χ1n) is 4.20. The summed E-state index contributed by atoms with van der Waals surface area (Å²) in [5.74, 6) is 2.27. The molecule has 0 aliphatic carbocycles. The van der Waals surface area contributed by atoms with Gasteiger partial charge in [-0.1, -0.05) is 12.1 Å². The first kappa shape index (κ1) is 7.99. The molecule has 1 aromatic carbocycles. The van der Waals surface area contributed by atoms with Crippen LogP contribution in [0.15, 0.2) is 23.1 Å². The summed E-state index contributed by atoms with van der Waals surface area (Å²) in [6, 6.07) is 6.31. The van der Waals surface area contributed by atoms with Gasteiger partial charge >= 0.3 is 0 Å². The number of rotatable bonds is 1. The zero-order chi connectivity index (χ0) is 8.39. The fraction of sp³-hybridized carbons (Fsp3) is 0.400. The van der Waals surface area contributed by atoms with Crippen molar-refractivity contribution in [2.24, 2.45) is 0 Å². The Hall–Kier alpha value is -0.630. The van der Waals surface area contributed by atoms with Crippen molar-refractivity contribution in [1.29, 1.82) is 0 Å². The highest BCUT2D eigenvalue weighted by molar-refractivity contribution is 7.99. The third-order valence-corrected chi connectivity index (χ3v) is 3.36. The molecule has 1 aliphatic rings. The van der Waals surface area contributed by atoms with Crippen LogP contribution in [-0.4, -0.2) is 12.9 Å². The lowest BCUT2D eigenvalue weighted by molar-refractivity contribution is 0.403. The second-order valence-corrected chi connectivity index (χ2v) is 4.01. The van der Waals surface area contributed by atoms with E-state index in [1.54, 1.807) is 7.11 Å². The minimum Gasteiger partial charge on any atom is -0.496 e. The maximum absolute atomic E-state index is 5.29. The number of fused-ring (bicyclic) bond motifs is 1. The van der Waals surface area contributed by atoms with Crippen LogP contribution in [-0.2, 0) is 6.42 Å². The quantitative estimate of drug-likeness (QED) is 0.657. The molecule has 2 rings (SSSR count). The molecule has 2 heteroatoms. The maximum atomic E-state index is 5.29. The predicted octanol–water partition coefficient (Wildman–Crippen LogP) is 2.73. The van der Waals surface area contributed by atoms with Gasteiger partial charge in [0.2, 0.25) is 0 Å². The molecule has 1 heterocycles. The van der Waals surface area contributed by atoms with Crippen LogP contribution in [0.5, 0.6) is 5.75 Å². The standard InChI is InChI=1S/C10H12OS/c1-11-9-6-2-4-8-5-3-7-12-10(8)9/h2,4,6H,3,5,7H2,1H3. The third kappa shape index (κ3) is 1.31. The highest BCUT2D eigenvalue weighted by Gasteiger charge is 2.13. The zero-order valence-corrected chi connectivity index (χ0v) is 7.99. The second-order valence-electron chi connectivity index (χ2n) is 2.90. The molecule has 1 nitrogen and oxygen atoms in total. The largest absolute Gasteiger partial charge is 0.496 e. The van der Waals surface area contributed by atoms with E-state index < -0.39 is 0 Å². The van der Waals surface area contributed by atoms with Gasteiger partial charge in [0.25, 0.3) is 0 Å². The lowest BCUT2D eigenvalue weighted by Crippen LogP contribution is -1.99. The van der Waals surface area contributed by atoms with E-state index in [2.05, 4.69) is 12.1 Å². The van der Waals surface area contributed by atoms with Crippen molar-refractivity contribution in [3.05, 3.63) is 23.8 Å². The number of hydrogen-bond acceptors (Lipinski definition) is 2. The van der Waals surface area contributed by atoms with Crippen LogP contribution < -0.4 is 4.74 Å². The highest BCUT2D eigenvalue weighted by atomic mass is 32.2. The molecule has 0 unspecified atom stereocenters. The molecular formula is C10H12OS. The van der Waals surface area contributed by atoms with Crippen LogP contribution in [0.4, 0.5) is 0 Å². The average Bonchev–Trinajstić information content (AvgIpc) is 2.17. The second kappa shape index (κ2) is 3.40. The molecular weight excluding hydrogens is 168 g/mol. The molecule has 0 atom stereocenters. The lowest BCUT2D eigenvalue weighted by Gasteiger charge is -2.17. The summed E-state index contributed by atoms with van der Waals surface area (Å²) < 4.78 is 5.29. The number of methoxy groups -OCH3 is 1. The molecule has 1 aromatic rings. The van der Waals surface area contributed by atoms with E-state index in [-0.39, 0.29) is 0 Å². The number of ether oxygens (including phenoxy) is 1. The average molecular weight is 180 g/mol. The van der Waals surface area contributed by atoms with E-state index >= 15 is 0 Å². The van der Waals surface area contributed by atoms with Crippen molar-refractivity contribution < 1.29 is 4.74 Å². The monoisotopic (exact) mass is 180 g/mol. The van der Waals surface area contributed by atoms with Crippen LogP contribution in [0.3, 0.4) is 0 Å². The van der Waals surface area contributed by atoms with Gasteiger partial charge in [-0.3, -0.25) is 0 Å². The van der Waals surface area contributed by atoms with Gasteiger partial charge in [0.15, 0.2) is 0 Å². The fourth-order valence-electron chi connectivity index (χ4n) is 1.52. The van der Waals surface area contributed by atoms with Gasteiger partial charge in [0.05, 0.1) is 12.0 Å². The Labute approximate surface area is 77.1 Å². The van der Waals surface area contributed by atoms with E-state index in [0.29, 0.717) is 0 Å². The molecule has 0 radical (unpaired) electrons. The molecule has 0 saturated heterocycles. The van der Waals surface area contributed by atoms with Gasteiger partial charge in [-0.15, -0.1) is 11.8 Å². The molecule has 0 amide bonds. The topological polar surface area (TPSA) is 9.23 Å². The Bertz CT molecular complexity index is 269. The van der Waals surface area contributed by atoms with E-state index in [4.69, 9.17) is 4.74 Å². The van der Waals surface area contributed by atoms with Crippen molar-refractivity contribution in [3.63, 3.8) is 0 Å². The van der Waals surface area contributed by atoms with Crippen LogP contribution in [0.2, 0.25) is 0 Å². The summed E-state index contributed by atoms with van der Waals surface area (Å²) >= 11 is 1.91. The molecule has 0 aromatic heterocycles. The van der Waals surface area contributed by atoms with Crippen LogP contribution >= 0.6 is 11.8 Å². The predicted molar refractivity (Wildman–Crippen MR) is 52.0 cm³/mol. The van der Waals surface area contributed by atoms with E-state index in [0.717, 1.165) is 5.75 Å². The van der Waals surface area contributed by atoms with Crippen molar-refractivity contribution >= 4 is 11.8 Å². The molecule has 1 aliphatic heterocycles. The fourth-order valence-corrected chi connectivity index (χ4v) is 2.66. The lowest BCUT2D eigenvalue weighted by atomic mass is 10.1. The van der Waals surface area contributed by atoms with Gasteiger partial charge in [0, 0.05) is 0 Å². The van der Waals surface area contributed by atoms with Gasteiger partial charge in [-0.05, 0) is 30.2 Å². The van der Waals surface area contributed by atoms with Crippen molar-refractivity contribution in [2.75, 3.05) is 12.9 Å². The number of thioether (sulfide) groups is 1. The van der Waals surface area contributed by atoms with Crippen molar-refractivity contribution in [1.82, 2.24) is 0 Å². The highest BCUT2D eigenvalue weighted by Crippen LogP contribution is 2.36. The van der Waals surface area contributed by atoms with Crippen LogP contribution in [0, 0.1) is 0 Å². The van der Waals surface area contributed by atoms with Gasteiger partial charge in [-0.2, -0.15) is 0 Å². The third-order valence-electron chi connectivity index (χ3n) is 2.12. The van der Waals surface area contributed by atoms with Crippen molar-refractivity contribution in [3.8, 4) is 5.75 Å². The van der Waals surface area contributed by atoms with E-state index in [9.17, 15) is 0 Å². The first-order valence-corrected chi connectivity index (χ1v) is 5.19. The van der Waals surface area contributed by atoms with Gasteiger partial charge in [-0.25, -0.2) is 0 Å². The Morgan fingerprint density at radius 1 is 1.42 bits per heavy atom. The number of benzene rings is 1. The Morgan fingerprint density at radius 3 is 3.17 bits per heavy atom. The van der Waals surface area contributed by atoms with Gasteiger partial charge < -0.3 is 4.74 Å². The SMILES string of the molecule is COc1cccc2c1SCCC2. The smallest absolute Gasteiger partial charge is 0.132 e. The summed E-state index contributed by atoms with van der Waals surface area (Å²) in [7, 11) is 1.74. The van der Waals surface area contributed by atoms with Crippen LogP contribution in [0.25, 0.3) is 0 Å². The normalized spacial score (nSPS) is 15.4. The maximum Gasteiger partial charge on any atom is 0.132 e. The molecule has 0 fully saturated rings. The summed E-state index contributed by atoms with van der Waals surface area (Å²) in [5.41, 5.74) is 1.45. The Kier molecular flexibility index (Phi) is 2.26. The van der Waals surface area contributed by atoms with E-state index in [1.807, 2.05) is 17.8 Å². The van der Waals surface area contributed by atoms with E-state index in [1.165, 1.54) is 29.1 Å². The zero-order valence-electron chi connectivity index (χ0n) is 7.17. The molecule has 0 saturated carbocycles. The van der Waals surface area contributed by atoms with Gasteiger partial charge in [0.1, 0.15) is 5.75 Å². The number of aryl methyl sites for hydroxylation is 1. The Balaban J connectivity index is 2.44. The first-order chi connectivity index (χ1) is 5.92. The minimum absolute atomic E-state index is 1.04. The molecule has 0 spiro atoms. The number of hydrogen-bond donors (Lipinski definition) is 0. The molecule has 64 valence electrons. The van der Waals surface area contributed by atoms with Crippen molar-refractivity contribution in [2.45, 2.75) is 17.7 Å². The van der Waals surface area contributed by atoms with Crippen LogP contribution in [0.1, 0.15) is 12.0 Å². The summed E-state index contributed by atoms with van der Waals surface area (Å²) in [6.07, 6.45) is 2.50. The summed E-state index contributed by atoms with van der Waals surface area (Å²) in [5, 5.41) is 0. The molecule has 0 bridgehead atoms. The minimum atomic E-state index is 1.04. The molecule has 0 N–H and O–H groups in total.